The molecule has 0 radical (unpaired) electrons. The molecule has 1 aromatic carbocycles. The molecule has 0 saturated heterocycles. The van der Waals surface area contributed by atoms with Crippen molar-refractivity contribution in [1.29, 1.82) is 0 Å². The fourth-order valence-electron chi connectivity index (χ4n) is 2.71. The Labute approximate surface area is 131 Å². The molecular formula is C19H33NO. The van der Waals surface area contributed by atoms with Crippen molar-refractivity contribution in [3.8, 4) is 0 Å². The number of benzene rings is 1. The van der Waals surface area contributed by atoms with Crippen molar-refractivity contribution < 1.29 is 4.74 Å². The standard InChI is InChI=1S/C19H33NO/c1-15(2)13-20-14-19(17(4)9-10-21-5)12-18-8-6-7-16(3)11-18/h6-8,11,15,17,19-20H,9-10,12-14H2,1-5H3. The summed E-state index contributed by atoms with van der Waals surface area (Å²) in [6, 6.07) is 8.91. The van der Waals surface area contributed by atoms with Crippen molar-refractivity contribution in [2.75, 3.05) is 26.8 Å². The van der Waals surface area contributed by atoms with Crippen LogP contribution in [0.25, 0.3) is 0 Å². The summed E-state index contributed by atoms with van der Waals surface area (Å²) in [7, 11) is 1.79. The van der Waals surface area contributed by atoms with Crippen molar-refractivity contribution in [3.63, 3.8) is 0 Å². The van der Waals surface area contributed by atoms with E-state index in [0.29, 0.717) is 17.8 Å². The Morgan fingerprint density at radius 1 is 1.14 bits per heavy atom. The molecule has 120 valence electrons. The maximum atomic E-state index is 5.25. The highest BCUT2D eigenvalue weighted by Crippen LogP contribution is 2.21. The van der Waals surface area contributed by atoms with Crippen LogP contribution in [0.4, 0.5) is 0 Å². The van der Waals surface area contributed by atoms with Gasteiger partial charge in [-0.3, -0.25) is 0 Å². The SMILES string of the molecule is COCCC(C)C(CNCC(C)C)Cc1cccc(C)c1. The first-order valence-corrected chi connectivity index (χ1v) is 8.28. The monoisotopic (exact) mass is 291 g/mol. The van der Waals surface area contributed by atoms with Crippen LogP contribution in [0.3, 0.4) is 0 Å². The average Bonchev–Trinajstić information content (AvgIpc) is 2.43. The van der Waals surface area contributed by atoms with Crippen molar-refractivity contribution >= 4 is 0 Å². The number of nitrogens with one attached hydrogen (secondary N) is 1. The highest BCUT2D eigenvalue weighted by molar-refractivity contribution is 5.22. The lowest BCUT2D eigenvalue weighted by Gasteiger charge is -2.25. The minimum absolute atomic E-state index is 0.667. The maximum absolute atomic E-state index is 5.25. The molecule has 0 aliphatic heterocycles. The molecular weight excluding hydrogens is 258 g/mol. The number of rotatable bonds is 10. The first kappa shape index (κ1) is 18.2. The Kier molecular flexibility index (Phi) is 8.63. The van der Waals surface area contributed by atoms with Crippen molar-refractivity contribution in [2.45, 2.75) is 40.5 Å². The molecule has 0 bridgehead atoms. The molecule has 0 aromatic heterocycles. The Morgan fingerprint density at radius 2 is 1.90 bits per heavy atom. The Balaban J connectivity index is 2.61. The van der Waals surface area contributed by atoms with Crippen LogP contribution < -0.4 is 5.32 Å². The average molecular weight is 291 g/mol. The normalized spacial score (nSPS) is 14.4. The molecule has 1 aromatic rings. The number of aryl methyl sites for hydroxylation is 1. The van der Waals surface area contributed by atoms with Gasteiger partial charge in [0, 0.05) is 13.7 Å². The van der Waals surface area contributed by atoms with Gasteiger partial charge in [-0.15, -0.1) is 0 Å². The van der Waals surface area contributed by atoms with Gasteiger partial charge in [-0.05, 0) is 56.2 Å². The van der Waals surface area contributed by atoms with Crippen LogP contribution >= 0.6 is 0 Å². The van der Waals surface area contributed by atoms with Gasteiger partial charge >= 0.3 is 0 Å². The summed E-state index contributed by atoms with van der Waals surface area (Å²) >= 11 is 0. The van der Waals surface area contributed by atoms with E-state index in [-0.39, 0.29) is 0 Å². The molecule has 2 nitrogen and oxygen atoms in total. The van der Waals surface area contributed by atoms with E-state index < -0.39 is 0 Å². The van der Waals surface area contributed by atoms with Crippen LogP contribution in [0.1, 0.15) is 38.3 Å². The van der Waals surface area contributed by atoms with E-state index in [1.54, 1.807) is 7.11 Å². The molecule has 1 rings (SSSR count). The third kappa shape index (κ3) is 7.63. The summed E-state index contributed by atoms with van der Waals surface area (Å²) in [4.78, 5) is 0. The molecule has 2 atom stereocenters. The van der Waals surface area contributed by atoms with Crippen LogP contribution in [0, 0.1) is 24.7 Å². The molecule has 0 fully saturated rings. The molecule has 0 spiro atoms. The first-order chi connectivity index (χ1) is 10.0. The number of hydrogen-bond acceptors (Lipinski definition) is 2. The smallest absolute Gasteiger partial charge is 0.0464 e. The minimum atomic E-state index is 0.667. The molecule has 0 amide bonds. The Morgan fingerprint density at radius 3 is 2.52 bits per heavy atom. The Hall–Kier alpha value is -0.860. The second kappa shape index (κ2) is 9.97. The zero-order valence-electron chi connectivity index (χ0n) is 14.5. The van der Waals surface area contributed by atoms with E-state index in [1.807, 2.05) is 0 Å². The summed E-state index contributed by atoms with van der Waals surface area (Å²) < 4.78 is 5.25. The summed E-state index contributed by atoms with van der Waals surface area (Å²) in [5, 5.41) is 3.64. The van der Waals surface area contributed by atoms with Crippen molar-refractivity contribution in [3.05, 3.63) is 35.4 Å². The number of ether oxygens (including phenoxy) is 1. The zero-order chi connectivity index (χ0) is 15.7. The van der Waals surface area contributed by atoms with E-state index in [2.05, 4.69) is 57.3 Å². The largest absolute Gasteiger partial charge is 0.385 e. The highest BCUT2D eigenvalue weighted by atomic mass is 16.5. The predicted molar refractivity (Wildman–Crippen MR) is 91.7 cm³/mol. The zero-order valence-corrected chi connectivity index (χ0v) is 14.5. The van der Waals surface area contributed by atoms with Gasteiger partial charge in [-0.2, -0.15) is 0 Å². The first-order valence-electron chi connectivity index (χ1n) is 8.28. The van der Waals surface area contributed by atoms with Crippen molar-refractivity contribution in [2.24, 2.45) is 17.8 Å². The topological polar surface area (TPSA) is 21.3 Å². The minimum Gasteiger partial charge on any atom is -0.385 e. The van der Waals surface area contributed by atoms with E-state index in [0.717, 1.165) is 32.5 Å². The van der Waals surface area contributed by atoms with Gasteiger partial charge in [0.05, 0.1) is 0 Å². The van der Waals surface area contributed by atoms with Gasteiger partial charge in [0.1, 0.15) is 0 Å². The van der Waals surface area contributed by atoms with Crippen LogP contribution in [0.2, 0.25) is 0 Å². The van der Waals surface area contributed by atoms with Crippen LogP contribution in [0.15, 0.2) is 24.3 Å². The van der Waals surface area contributed by atoms with E-state index >= 15 is 0 Å². The predicted octanol–water partition coefficient (Wildman–Crippen LogP) is 4.07. The van der Waals surface area contributed by atoms with Gasteiger partial charge in [0.2, 0.25) is 0 Å². The third-order valence-electron chi connectivity index (χ3n) is 4.12. The lowest BCUT2D eigenvalue weighted by atomic mass is 9.85. The molecule has 21 heavy (non-hydrogen) atoms. The summed E-state index contributed by atoms with van der Waals surface area (Å²) in [6.07, 6.45) is 2.29. The van der Waals surface area contributed by atoms with Gasteiger partial charge in [-0.1, -0.05) is 50.6 Å². The van der Waals surface area contributed by atoms with Gasteiger partial charge in [0.15, 0.2) is 0 Å². The second-order valence-electron chi connectivity index (χ2n) is 6.76. The Bertz CT molecular complexity index is 389. The van der Waals surface area contributed by atoms with Crippen LogP contribution in [0.5, 0.6) is 0 Å². The van der Waals surface area contributed by atoms with Gasteiger partial charge in [-0.25, -0.2) is 0 Å². The summed E-state index contributed by atoms with van der Waals surface area (Å²) in [6.45, 7) is 12.1. The number of hydrogen-bond donors (Lipinski definition) is 1. The van der Waals surface area contributed by atoms with Gasteiger partial charge in [0.25, 0.3) is 0 Å². The molecule has 0 aliphatic rings. The fraction of sp³-hybridized carbons (Fsp3) is 0.684. The highest BCUT2D eigenvalue weighted by Gasteiger charge is 2.17. The lowest BCUT2D eigenvalue weighted by Crippen LogP contribution is -2.31. The van der Waals surface area contributed by atoms with E-state index in [9.17, 15) is 0 Å². The quantitative estimate of drug-likeness (QED) is 0.701. The maximum Gasteiger partial charge on any atom is 0.0464 e. The lowest BCUT2D eigenvalue weighted by molar-refractivity contribution is 0.163. The molecule has 2 unspecified atom stereocenters. The van der Waals surface area contributed by atoms with E-state index in [1.165, 1.54) is 11.1 Å². The third-order valence-corrected chi connectivity index (χ3v) is 4.12. The number of methoxy groups -OCH3 is 1. The second-order valence-corrected chi connectivity index (χ2v) is 6.76. The molecule has 0 saturated carbocycles. The van der Waals surface area contributed by atoms with Crippen molar-refractivity contribution in [1.82, 2.24) is 5.32 Å². The molecule has 0 aliphatic carbocycles. The van der Waals surface area contributed by atoms with Crippen LogP contribution in [-0.4, -0.2) is 26.8 Å². The molecule has 2 heteroatoms. The van der Waals surface area contributed by atoms with Gasteiger partial charge < -0.3 is 10.1 Å². The van der Waals surface area contributed by atoms with Crippen LogP contribution in [-0.2, 0) is 11.2 Å². The molecule has 1 N–H and O–H groups in total. The van der Waals surface area contributed by atoms with E-state index in [4.69, 9.17) is 4.74 Å². The summed E-state index contributed by atoms with van der Waals surface area (Å²) in [5.41, 5.74) is 2.81. The molecule has 0 heterocycles. The fourth-order valence-corrected chi connectivity index (χ4v) is 2.71. The summed E-state index contributed by atoms with van der Waals surface area (Å²) in [5.74, 6) is 2.05.